The van der Waals surface area contributed by atoms with Crippen LogP contribution in [0.25, 0.3) is 0 Å². The van der Waals surface area contributed by atoms with Crippen molar-refractivity contribution in [3.8, 4) is 0 Å². The maximum atomic E-state index is 13.5. The standard InChI is InChI=1S/C22H30N4O2/c27-20(25-14-12-24(13-15-25)17-4-3-5-17)16-26-19-7-2-1-6-18(19)22(21(26)28)8-10-23-11-9-22/h1-2,6-7,17,23H,3-5,8-16H2. The van der Waals surface area contributed by atoms with Crippen LogP contribution in [0.4, 0.5) is 5.69 Å². The van der Waals surface area contributed by atoms with Gasteiger partial charge in [0.15, 0.2) is 0 Å². The van der Waals surface area contributed by atoms with Gasteiger partial charge in [-0.3, -0.25) is 14.5 Å². The zero-order valence-corrected chi connectivity index (χ0v) is 16.5. The third-order valence-electron chi connectivity index (χ3n) is 7.37. The minimum Gasteiger partial charge on any atom is -0.339 e. The van der Waals surface area contributed by atoms with E-state index in [4.69, 9.17) is 0 Å². The second-order valence-electron chi connectivity index (χ2n) is 8.74. The Morgan fingerprint density at radius 1 is 1.07 bits per heavy atom. The summed E-state index contributed by atoms with van der Waals surface area (Å²) in [6, 6.07) is 8.82. The number of hydrogen-bond donors (Lipinski definition) is 1. The number of fused-ring (bicyclic) bond motifs is 2. The lowest BCUT2D eigenvalue weighted by atomic mass is 9.74. The molecule has 0 aromatic heterocycles. The van der Waals surface area contributed by atoms with E-state index in [1.165, 1.54) is 19.3 Å². The first-order chi connectivity index (χ1) is 13.7. The smallest absolute Gasteiger partial charge is 0.242 e. The Kier molecular flexibility index (Phi) is 4.63. The van der Waals surface area contributed by atoms with Gasteiger partial charge >= 0.3 is 0 Å². The predicted molar refractivity (Wildman–Crippen MR) is 108 cm³/mol. The van der Waals surface area contributed by atoms with Crippen molar-refractivity contribution in [3.05, 3.63) is 29.8 Å². The number of anilines is 1. The van der Waals surface area contributed by atoms with Crippen molar-refractivity contribution >= 4 is 17.5 Å². The highest BCUT2D eigenvalue weighted by atomic mass is 16.2. The highest BCUT2D eigenvalue weighted by molar-refractivity contribution is 6.10. The summed E-state index contributed by atoms with van der Waals surface area (Å²) in [7, 11) is 0. The van der Waals surface area contributed by atoms with Gasteiger partial charge in [-0.15, -0.1) is 0 Å². The summed E-state index contributed by atoms with van der Waals surface area (Å²) in [6.45, 7) is 5.39. The number of hydrogen-bond acceptors (Lipinski definition) is 4. The molecule has 3 heterocycles. The number of benzene rings is 1. The molecular formula is C22H30N4O2. The maximum absolute atomic E-state index is 13.5. The Labute approximate surface area is 166 Å². The topological polar surface area (TPSA) is 55.9 Å². The predicted octanol–water partition coefficient (Wildman–Crippen LogP) is 1.35. The van der Waals surface area contributed by atoms with Gasteiger partial charge in [-0.2, -0.15) is 0 Å². The minimum atomic E-state index is -0.439. The van der Waals surface area contributed by atoms with Crippen molar-refractivity contribution in [2.75, 3.05) is 50.7 Å². The number of nitrogens with zero attached hydrogens (tertiary/aromatic N) is 3. The van der Waals surface area contributed by atoms with Gasteiger partial charge in [0.1, 0.15) is 6.54 Å². The molecule has 6 nitrogen and oxygen atoms in total. The molecule has 1 spiro atoms. The van der Waals surface area contributed by atoms with Crippen molar-refractivity contribution in [2.45, 2.75) is 43.6 Å². The van der Waals surface area contributed by atoms with Crippen LogP contribution < -0.4 is 10.2 Å². The average Bonchev–Trinajstić information content (AvgIpc) is 2.91. The molecule has 1 saturated carbocycles. The molecule has 2 saturated heterocycles. The molecule has 1 aromatic carbocycles. The lowest BCUT2D eigenvalue weighted by Crippen LogP contribution is -2.55. The summed E-state index contributed by atoms with van der Waals surface area (Å²) in [5, 5.41) is 3.37. The molecule has 3 fully saturated rings. The van der Waals surface area contributed by atoms with Crippen LogP contribution >= 0.6 is 0 Å². The zero-order chi connectivity index (χ0) is 19.1. The highest BCUT2D eigenvalue weighted by Gasteiger charge is 2.51. The van der Waals surface area contributed by atoms with Crippen molar-refractivity contribution < 1.29 is 9.59 Å². The summed E-state index contributed by atoms with van der Waals surface area (Å²) < 4.78 is 0. The van der Waals surface area contributed by atoms with Crippen LogP contribution in [0.5, 0.6) is 0 Å². The van der Waals surface area contributed by atoms with E-state index < -0.39 is 5.41 Å². The van der Waals surface area contributed by atoms with Crippen LogP contribution in [-0.4, -0.2) is 73.5 Å². The van der Waals surface area contributed by atoms with Crippen LogP contribution in [0.3, 0.4) is 0 Å². The lowest BCUT2D eigenvalue weighted by Gasteiger charge is -2.43. The van der Waals surface area contributed by atoms with Crippen LogP contribution in [0, 0.1) is 0 Å². The second kappa shape index (κ2) is 7.16. The SMILES string of the molecule is O=C(CN1C(=O)C2(CCNCC2)c2ccccc21)N1CCN(C2CCC2)CC1. The third kappa shape index (κ3) is 2.85. The molecule has 1 aliphatic carbocycles. The fourth-order valence-corrected chi connectivity index (χ4v) is 5.41. The number of piperidine rings is 1. The third-order valence-corrected chi connectivity index (χ3v) is 7.37. The monoisotopic (exact) mass is 382 g/mol. The van der Waals surface area contributed by atoms with E-state index in [-0.39, 0.29) is 18.4 Å². The highest BCUT2D eigenvalue weighted by Crippen LogP contribution is 2.46. The van der Waals surface area contributed by atoms with Gasteiger partial charge in [0.05, 0.1) is 5.41 Å². The van der Waals surface area contributed by atoms with E-state index >= 15 is 0 Å². The van der Waals surface area contributed by atoms with Crippen LogP contribution in [-0.2, 0) is 15.0 Å². The molecular weight excluding hydrogens is 352 g/mol. The van der Waals surface area contributed by atoms with Gasteiger partial charge in [0.2, 0.25) is 11.8 Å². The van der Waals surface area contributed by atoms with Gasteiger partial charge < -0.3 is 15.1 Å². The first-order valence-electron chi connectivity index (χ1n) is 10.8. The van der Waals surface area contributed by atoms with Crippen molar-refractivity contribution in [2.24, 2.45) is 0 Å². The molecule has 28 heavy (non-hydrogen) atoms. The largest absolute Gasteiger partial charge is 0.339 e. The van der Waals surface area contributed by atoms with Crippen molar-refractivity contribution in [1.82, 2.24) is 15.1 Å². The summed E-state index contributed by atoms with van der Waals surface area (Å²) in [6.07, 6.45) is 5.59. The summed E-state index contributed by atoms with van der Waals surface area (Å²) in [4.78, 5) is 32.8. The molecule has 1 aromatic rings. The number of carbonyl (C=O) groups excluding carboxylic acids is 2. The van der Waals surface area contributed by atoms with Gasteiger partial charge in [-0.25, -0.2) is 0 Å². The molecule has 4 aliphatic rings. The molecule has 0 unspecified atom stereocenters. The van der Waals surface area contributed by atoms with Gasteiger partial charge in [0, 0.05) is 37.9 Å². The van der Waals surface area contributed by atoms with Gasteiger partial charge in [-0.1, -0.05) is 24.6 Å². The molecule has 2 amide bonds. The number of para-hydroxylation sites is 1. The Balaban J connectivity index is 1.30. The summed E-state index contributed by atoms with van der Waals surface area (Å²) >= 11 is 0. The zero-order valence-electron chi connectivity index (χ0n) is 16.5. The number of amides is 2. The van der Waals surface area contributed by atoms with Crippen molar-refractivity contribution in [1.29, 1.82) is 0 Å². The normalized spacial score (nSPS) is 25.1. The lowest BCUT2D eigenvalue weighted by molar-refractivity contribution is -0.134. The van der Waals surface area contributed by atoms with Gasteiger partial charge in [-0.05, 0) is 50.4 Å². The Hall–Kier alpha value is -1.92. The van der Waals surface area contributed by atoms with E-state index in [1.807, 2.05) is 23.1 Å². The molecule has 0 radical (unpaired) electrons. The number of rotatable bonds is 3. The number of nitrogens with one attached hydrogen (secondary N) is 1. The minimum absolute atomic E-state index is 0.0856. The number of piperazine rings is 1. The van der Waals surface area contributed by atoms with E-state index in [0.717, 1.165) is 69.4 Å². The quantitative estimate of drug-likeness (QED) is 0.858. The Bertz CT molecular complexity index is 762. The van der Waals surface area contributed by atoms with Crippen LogP contribution in [0.2, 0.25) is 0 Å². The number of carbonyl (C=O) groups is 2. The Morgan fingerprint density at radius 3 is 2.46 bits per heavy atom. The second-order valence-corrected chi connectivity index (χ2v) is 8.74. The molecule has 3 aliphatic heterocycles. The van der Waals surface area contributed by atoms with Crippen LogP contribution in [0.15, 0.2) is 24.3 Å². The van der Waals surface area contributed by atoms with Crippen LogP contribution in [0.1, 0.15) is 37.7 Å². The maximum Gasteiger partial charge on any atom is 0.242 e. The fraction of sp³-hybridized carbons (Fsp3) is 0.636. The van der Waals surface area contributed by atoms with E-state index in [9.17, 15) is 9.59 Å². The van der Waals surface area contributed by atoms with E-state index in [2.05, 4.69) is 16.3 Å². The first-order valence-corrected chi connectivity index (χ1v) is 10.8. The van der Waals surface area contributed by atoms with Gasteiger partial charge in [0.25, 0.3) is 0 Å². The first kappa shape index (κ1) is 18.1. The average molecular weight is 383 g/mol. The van der Waals surface area contributed by atoms with E-state index in [1.54, 1.807) is 4.90 Å². The van der Waals surface area contributed by atoms with E-state index in [0.29, 0.717) is 0 Å². The van der Waals surface area contributed by atoms with Crippen molar-refractivity contribution in [3.63, 3.8) is 0 Å². The molecule has 1 N–H and O–H groups in total. The molecule has 0 bridgehead atoms. The Morgan fingerprint density at radius 2 is 1.79 bits per heavy atom. The molecule has 0 atom stereocenters. The molecule has 5 rings (SSSR count). The molecule has 6 heteroatoms. The fourth-order valence-electron chi connectivity index (χ4n) is 5.41. The summed E-state index contributed by atoms with van der Waals surface area (Å²) in [5.74, 6) is 0.207. The molecule has 150 valence electrons. The summed E-state index contributed by atoms with van der Waals surface area (Å²) in [5.41, 5.74) is 1.62.